The van der Waals surface area contributed by atoms with Crippen LogP contribution < -0.4 is 5.56 Å². The van der Waals surface area contributed by atoms with E-state index >= 15 is 0 Å². The molecule has 2 amide bonds. The average molecular weight is 404 g/mol. The Labute approximate surface area is 174 Å². The highest BCUT2D eigenvalue weighted by atomic mass is 16.2. The predicted octanol–water partition coefficient (Wildman–Crippen LogP) is 2.39. The van der Waals surface area contributed by atoms with Gasteiger partial charge in [-0.3, -0.25) is 19.0 Å². The molecule has 0 saturated carbocycles. The van der Waals surface area contributed by atoms with Crippen LogP contribution in [-0.4, -0.2) is 57.8 Å². The first-order valence-corrected chi connectivity index (χ1v) is 10.1. The number of fused-ring (bicyclic) bond motifs is 1. The number of carbonyl (C=O) groups excluding carboxylic acids is 2. The van der Waals surface area contributed by atoms with E-state index in [9.17, 15) is 14.4 Å². The number of hydrogen-bond donors (Lipinski definition) is 0. The van der Waals surface area contributed by atoms with E-state index < -0.39 is 0 Å². The number of likely N-dealkylation sites (N-methyl/N-ethyl adjacent to an activating group) is 1. The quantitative estimate of drug-likeness (QED) is 0.654. The molecule has 1 aliphatic heterocycles. The minimum Gasteiger partial charge on any atom is -0.341 e. The van der Waals surface area contributed by atoms with Crippen molar-refractivity contribution in [2.75, 3.05) is 26.7 Å². The van der Waals surface area contributed by atoms with Gasteiger partial charge in [-0.25, -0.2) is 4.98 Å². The lowest BCUT2D eigenvalue weighted by Crippen LogP contribution is -2.36. The Bertz CT molecular complexity index is 1170. The maximum absolute atomic E-state index is 12.9. The molecule has 0 radical (unpaired) electrons. The number of para-hydroxylation sites is 1. The molecule has 0 unspecified atom stereocenters. The largest absolute Gasteiger partial charge is 0.341 e. The van der Waals surface area contributed by atoms with E-state index in [-0.39, 0.29) is 17.4 Å². The predicted molar refractivity (Wildman–Crippen MR) is 115 cm³/mol. The van der Waals surface area contributed by atoms with Crippen LogP contribution in [0.4, 0.5) is 0 Å². The lowest BCUT2D eigenvalue weighted by atomic mass is 10.1. The first kappa shape index (κ1) is 19.8. The summed E-state index contributed by atoms with van der Waals surface area (Å²) in [5.74, 6) is 0.629. The van der Waals surface area contributed by atoms with Gasteiger partial charge in [0.15, 0.2) is 0 Å². The molecule has 1 fully saturated rings. The van der Waals surface area contributed by atoms with E-state index in [4.69, 9.17) is 0 Å². The van der Waals surface area contributed by atoms with Gasteiger partial charge in [0.1, 0.15) is 5.82 Å². The Morgan fingerprint density at radius 1 is 1.10 bits per heavy atom. The fourth-order valence-electron chi connectivity index (χ4n) is 3.83. The van der Waals surface area contributed by atoms with Gasteiger partial charge in [0.2, 0.25) is 5.91 Å². The summed E-state index contributed by atoms with van der Waals surface area (Å²) in [7, 11) is 1.73. The number of aryl methyl sites for hydroxylation is 1. The van der Waals surface area contributed by atoms with Crippen molar-refractivity contribution in [3.63, 3.8) is 0 Å². The first-order valence-electron chi connectivity index (χ1n) is 10.1. The summed E-state index contributed by atoms with van der Waals surface area (Å²) in [6, 6.07) is 14.2. The minimum atomic E-state index is -0.135. The van der Waals surface area contributed by atoms with E-state index in [2.05, 4.69) is 4.98 Å². The van der Waals surface area contributed by atoms with Crippen molar-refractivity contribution in [2.45, 2.75) is 19.8 Å². The van der Waals surface area contributed by atoms with Crippen molar-refractivity contribution in [1.29, 1.82) is 0 Å². The number of nitrogens with zero attached hydrogens (tertiary/aromatic N) is 4. The summed E-state index contributed by atoms with van der Waals surface area (Å²) in [5, 5.41) is 0.555. The van der Waals surface area contributed by atoms with Crippen LogP contribution in [0, 0.1) is 6.92 Å². The van der Waals surface area contributed by atoms with Gasteiger partial charge < -0.3 is 9.80 Å². The standard InChI is InChI=1S/C23H24N4O3/c1-16-24-20-7-4-3-6-19(20)23(30)27(16)18-11-9-17(10-12-18)22(29)25(2)14-15-26-13-5-8-21(26)28/h3-4,6-7,9-12H,5,8,13-15H2,1-2H3. The van der Waals surface area contributed by atoms with Gasteiger partial charge in [-0.2, -0.15) is 0 Å². The molecule has 7 heteroatoms. The van der Waals surface area contributed by atoms with E-state index in [0.717, 1.165) is 13.0 Å². The molecule has 1 saturated heterocycles. The average Bonchev–Trinajstić information content (AvgIpc) is 3.16. The smallest absolute Gasteiger partial charge is 0.265 e. The number of rotatable bonds is 5. The third-order valence-corrected chi connectivity index (χ3v) is 5.54. The first-order chi connectivity index (χ1) is 14.5. The lowest BCUT2D eigenvalue weighted by Gasteiger charge is -2.22. The lowest BCUT2D eigenvalue weighted by molar-refractivity contribution is -0.127. The molecule has 0 aliphatic carbocycles. The van der Waals surface area contributed by atoms with E-state index in [1.807, 2.05) is 18.2 Å². The Kier molecular flexibility index (Phi) is 5.35. The van der Waals surface area contributed by atoms with Crippen molar-refractivity contribution >= 4 is 22.7 Å². The summed E-state index contributed by atoms with van der Waals surface area (Å²) >= 11 is 0. The zero-order valence-electron chi connectivity index (χ0n) is 17.2. The van der Waals surface area contributed by atoms with Crippen molar-refractivity contribution in [2.24, 2.45) is 0 Å². The van der Waals surface area contributed by atoms with Crippen LogP contribution in [0.5, 0.6) is 0 Å². The van der Waals surface area contributed by atoms with Crippen LogP contribution in [-0.2, 0) is 4.79 Å². The number of likely N-dealkylation sites (tertiary alicyclic amines) is 1. The normalized spacial score (nSPS) is 13.8. The summed E-state index contributed by atoms with van der Waals surface area (Å²) in [5.41, 5.74) is 1.73. The van der Waals surface area contributed by atoms with Crippen molar-refractivity contribution in [3.8, 4) is 5.69 Å². The van der Waals surface area contributed by atoms with E-state index in [0.29, 0.717) is 47.5 Å². The number of benzene rings is 2. The second kappa shape index (κ2) is 8.10. The van der Waals surface area contributed by atoms with Crippen LogP contribution in [0.2, 0.25) is 0 Å². The Balaban J connectivity index is 1.53. The molecule has 4 rings (SSSR count). The van der Waals surface area contributed by atoms with Crippen LogP contribution in [0.1, 0.15) is 29.0 Å². The minimum absolute atomic E-state index is 0.117. The van der Waals surface area contributed by atoms with Crippen molar-refractivity contribution < 1.29 is 9.59 Å². The zero-order chi connectivity index (χ0) is 21.3. The molecule has 3 aromatic rings. The molecule has 0 atom stereocenters. The third-order valence-electron chi connectivity index (χ3n) is 5.54. The summed E-state index contributed by atoms with van der Waals surface area (Å²) in [6.45, 7) is 3.60. The Hall–Kier alpha value is -3.48. The molecule has 30 heavy (non-hydrogen) atoms. The van der Waals surface area contributed by atoms with Crippen LogP contribution in [0.25, 0.3) is 16.6 Å². The van der Waals surface area contributed by atoms with Gasteiger partial charge in [-0.05, 0) is 49.7 Å². The van der Waals surface area contributed by atoms with E-state index in [1.165, 1.54) is 0 Å². The second-order valence-electron chi connectivity index (χ2n) is 7.57. The van der Waals surface area contributed by atoms with Gasteiger partial charge in [-0.15, -0.1) is 0 Å². The van der Waals surface area contributed by atoms with Gasteiger partial charge >= 0.3 is 0 Å². The van der Waals surface area contributed by atoms with Crippen molar-refractivity contribution in [3.05, 3.63) is 70.3 Å². The Morgan fingerprint density at radius 2 is 1.83 bits per heavy atom. The molecule has 0 bridgehead atoms. The maximum Gasteiger partial charge on any atom is 0.265 e. The van der Waals surface area contributed by atoms with Gasteiger partial charge in [0.25, 0.3) is 11.5 Å². The number of aromatic nitrogens is 2. The molecule has 2 aromatic carbocycles. The molecule has 1 aromatic heterocycles. The van der Waals surface area contributed by atoms with Gasteiger partial charge in [0.05, 0.1) is 16.6 Å². The van der Waals surface area contributed by atoms with Crippen LogP contribution in [0.3, 0.4) is 0 Å². The monoisotopic (exact) mass is 404 g/mol. The molecule has 2 heterocycles. The molecule has 154 valence electrons. The van der Waals surface area contributed by atoms with E-state index in [1.54, 1.807) is 58.7 Å². The molecule has 0 N–H and O–H groups in total. The fourth-order valence-corrected chi connectivity index (χ4v) is 3.83. The molecular formula is C23H24N4O3. The summed E-state index contributed by atoms with van der Waals surface area (Å²) in [6.07, 6.45) is 1.49. The highest BCUT2D eigenvalue weighted by molar-refractivity contribution is 5.94. The summed E-state index contributed by atoms with van der Waals surface area (Å²) in [4.78, 5) is 45.3. The van der Waals surface area contributed by atoms with Gasteiger partial charge in [-0.1, -0.05) is 12.1 Å². The highest BCUT2D eigenvalue weighted by Gasteiger charge is 2.21. The second-order valence-corrected chi connectivity index (χ2v) is 7.57. The maximum atomic E-state index is 12.9. The zero-order valence-corrected chi connectivity index (χ0v) is 17.2. The highest BCUT2D eigenvalue weighted by Crippen LogP contribution is 2.15. The van der Waals surface area contributed by atoms with Crippen LogP contribution >= 0.6 is 0 Å². The summed E-state index contributed by atoms with van der Waals surface area (Å²) < 4.78 is 1.55. The third kappa shape index (κ3) is 3.70. The van der Waals surface area contributed by atoms with Gasteiger partial charge in [0, 0.05) is 38.7 Å². The number of amides is 2. The van der Waals surface area contributed by atoms with Crippen LogP contribution in [0.15, 0.2) is 53.3 Å². The SMILES string of the molecule is Cc1nc2ccccc2c(=O)n1-c1ccc(C(=O)N(C)CCN2CCCC2=O)cc1. The fraction of sp³-hybridized carbons (Fsp3) is 0.304. The molecule has 0 spiro atoms. The topological polar surface area (TPSA) is 75.5 Å². The Morgan fingerprint density at radius 3 is 2.53 bits per heavy atom. The number of carbonyl (C=O) groups is 2. The van der Waals surface area contributed by atoms with Crippen molar-refractivity contribution in [1.82, 2.24) is 19.4 Å². The molecule has 7 nitrogen and oxygen atoms in total. The molecular weight excluding hydrogens is 380 g/mol. The molecule has 1 aliphatic rings. The number of hydrogen-bond acceptors (Lipinski definition) is 4.